The zero-order chi connectivity index (χ0) is 19.0. The molecule has 0 amide bonds. The van der Waals surface area contributed by atoms with Gasteiger partial charge in [0.1, 0.15) is 0 Å². The van der Waals surface area contributed by atoms with E-state index in [9.17, 15) is 8.78 Å². The Hall–Kier alpha value is -1.97. The molecule has 0 fully saturated rings. The van der Waals surface area contributed by atoms with Gasteiger partial charge in [0.25, 0.3) is 6.43 Å². The predicted octanol–water partition coefficient (Wildman–Crippen LogP) is 6.06. The molecular formula is C21H30F2N2. The molecule has 0 bridgehead atoms. The van der Waals surface area contributed by atoms with E-state index in [1.54, 1.807) is 12.2 Å². The summed E-state index contributed by atoms with van der Waals surface area (Å²) in [6.45, 7) is 8.84. The minimum absolute atomic E-state index is 0.146. The Morgan fingerprint density at radius 3 is 2.48 bits per heavy atom. The van der Waals surface area contributed by atoms with E-state index in [0.29, 0.717) is 0 Å². The molecule has 0 saturated carbocycles. The summed E-state index contributed by atoms with van der Waals surface area (Å²) in [6.07, 6.45) is 8.26. The third kappa shape index (κ3) is 5.80. The Bertz CT molecular complexity index is 630. The van der Waals surface area contributed by atoms with Crippen LogP contribution >= 0.6 is 0 Å². The standard InChI is InChI=1S/C19H24F2N2.C2H6/c1-13(2)9-14(6-7-22)16-10-15-5-4-8-23(3)18(15)12-17(11-16)19(20)21;1-2/h6-7,9-10,12,19,22H,4-5,8,11H2,1-3H3;1-2H3/b14-6+,22-7?;. The first-order valence-corrected chi connectivity index (χ1v) is 8.92. The second-order valence-corrected chi connectivity index (χ2v) is 6.31. The van der Waals surface area contributed by atoms with E-state index in [4.69, 9.17) is 5.41 Å². The van der Waals surface area contributed by atoms with Crippen LogP contribution in [0.25, 0.3) is 0 Å². The highest BCUT2D eigenvalue weighted by molar-refractivity contribution is 5.72. The molecular weight excluding hydrogens is 318 g/mol. The van der Waals surface area contributed by atoms with E-state index in [-0.39, 0.29) is 12.0 Å². The molecule has 0 aromatic heterocycles. The Labute approximate surface area is 150 Å². The highest BCUT2D eigenvalue weighted by Crippen LogP contribution is 2.34. The maximum Gasteiger partial charge on any atom is 0.260 e. The van der Waals surface area contributed by atoms with E-state index >= 15 is 0 Å². The van der Waals surface area contributed by atoms with Crippen LogP contribution in [0.1, 0.15) is 47.0 Å². The number of hydrogen-bond donors (Lipinski definition) is 1. The van der Waals surface area contributed by atoms with Gasteiger partial charge in [-0.15, -0.1) is 0 Å². The minimum Gasteiger partial charge on any atom is -0.374 e. The number of alkyl halides is 2. The lowest BCUT2D eigenvalue weighted by Crippen LogP contribution is -2.23. The normalized spacial score (nSPS) is 17.8. The second kappa shape index (κ2) is 10.1. The van der Waals surface area contributed by atoms with E-state index in [1.165, 1.54) is 6.21 Å². The van der Waals surface area contributed by atoms with Crippen molar-refractivity contribution in [2.24, 2.45) is 0 Å². The summed E-state index contributed by atoms with van der Waals surface area (Å²) in [7, 11) is 1.96. The maximum absolute atomic E-state index is 13.5. The van der Waals surface area contributed by atoms with Crippen molar-refractivity contribution in [2.75, 3.05) is 13.6 Å². The van der Waals surface area contributed by atoms with Crippen LogP contribution in [0, 0.1) is 5.41 Å². The number of allylic oxidation sites excluding steroid dienone is 9. The number of likely N-dealkylation sites (N-methyl/N-ethyl adjacent to an activating group) is 1. The first kappa shape index (κ1) is 21.1. The summed E-state index contributed by atoms with van der Waals surface area (Å²) >= 11 is 0. The van der Waals surface area contributed by atoms with Gasteiger partial charge in [-0.05, 0) is 62.0 Å². The van der Waals surface area contributed by atoms with Crippen molar-refractivity contribution >= 4 is 6.21 Å². The van der Waals surface area contributed by atoms with Crippen LogP contribution in [-0.2, 0) is 0 Å². The lowest BCUT2D eigenvalue weighted by molar-refractivity contribution is 0.186. The molecule has 2 aliphatic rings. The quantitative estimate of drug-likeness (QED) is 0.485. The Morgan fingerprint density at radius 2 is 1.92 bits per heavy atom. The molecule has 25 heavy (non-hydrogen) atoms. The molecule has 138 valence electrons. The molecule has 1 heterocycles. The molecule has 0 spiro atoms. The predicted molar refractivity (Wildman–Crippen MR) is 103 cm³/mol. The number of nitrogens with one attached hydrogen (secondary N) is 1. The Kier molecular flexibility index (Phi) is 8.53. The van der Waals surface area contributed by atoms with Crippen LogP contribution in [-0.4, -0.2) is 31.1 Å². The SMILES string of the molecule is CC.CC(C)=C/C(=C\C=N)C1=CC2=C(C=C(C(F)F)C1)N(C)CCC2. The molecule has 1 aliphatic heterocycles. The van der Waals surface area contributed by atoms with E-state index < -0.39 is 6.43 Å². The van der Waals surface area contributed by atoms with Crippen LogP contribution in [0.2, 0.25) is 0 Å². The Balaban J connectivity index is 0.00000151. The van der Waals surface area contributed by atoms with Crippen LogP contribution in [0.3, 0.4) is 0 Å². The van der Waals surface area contributed by atoms with Crippen molar-refractivity contribution in [3.63, 3.8) is 0 Å². The second-order valence-electron chi connectivity index (χ2n) is 6.31. The molecule has 0 unspecified atom stereocenters. The molecule has 0 saturated heterocycles. The lowest BCUT2D eigenvalue weighted by Gasteiger charge is -2.28. The molecule has 0 aromatic carbocycles. The number of rotatable bonds is 4. The maximum atomic E-state index is 13.5. The molecule has 0 atom stereocenters. The minimum atomic E-state index is -2.46. The zero-order valence-corrected chi connectivity index (χ0v) is 16.0. The van der Waals surface area contributed by atoms with E-state index in [1.807, 2.05) is 46.9 Å². The number of hydrogen-bond acceptors (Lipinski definition) is 2. The fourth-order valence-electron chi connectivity index (χ4n) is 3.03. The molecule has 2 nitrogen and oxygen atoms in total. The van der Waals surface area contributed by atoms with Gasteiger partial charge in [-0.2, -0.15) is 0 Å². The number of halogens is 2. The van der Waals surface area contributed by atoms with Crippen molar-refractivity contribution in [3.05, 3.63) is 57.9 Å². The van der Waals surface area contributed by atoms with Gasteiger partial charge in [0, 0.05) is 31.1 Å². The molecule has 0 radical (unpaired) electrons. The van der Waals surface area contributed by atoms with Gasteiger partial charge >= 0.3 is 0 Å². The van der Waals surface area contributed by atoms with Gasteiger partial charge in [0.05, 0.1) is 0 Å². The van der Waals surface area contributed by atoms with Gasteiger partial charge in [0.15, 0.2) is 0 Å². The summed E-state index contributed by atoms with van der Waals surface area (Å²) in [5.74, 6) is 0. The van der Waals surface area contributed by atoms with Crippen molar-refractivity contribution in [1.82, 2.24) is 4.90 Å². The summed E-state index contributed by atoms with van der Waals surface area (Å²) in [6, 6.07) is 0. The van der Waals surface area contributed by atoms with Crippen LogP contribution in [0.4, 0.5) is 8.78 Å². The van der Waals surface area contributed by atoms with Gasteiger partial charge in [-0.3, -0.25) is 0 Å². The van der Waals surface area contributed by atoms with Crippen molar-refractivity contribution in [1.29, 1.82) is 5.41 Å². The van der Waals surface area contributed by atoms with Gasteiger partial charge in [-0.25, -0.2) is 8.78 Å². The average molecular weight is 348 g/mol. The fourth-order valence-corrected chi connectivity index (χ4v) is 3.03. The lowest BCUT2D eigenvalue weighted by atomic mass is 9.95. The highest BCUT2D eigenvalue weighted by atomic mass is 19.3. The summed E-state index contributed by atoms with van der Waals surface area (Å²) in [4.78, 5) is 2.06. The highest BCUT2D eigenvalue weighted by Gasteiger charge is 2.23. The van der Waals surface area contributed by atoms with E-state index in [0.717, 1.165) is 47.4 Å². The largest absolute Gasteiger partial charge is 0.374 e. The van der Waals surface area contributed by atoms with Gasteiger partial charge in [0.2, 0.25) is 0 Å². The zero-order valence-electron chi connectivity index (χ0n) is 16.0. The smallest absolute Gasteiger partial charge is 0.260 e. The first-order chi connectivity index (χ1) is 11.9. The number of nitrogens with zero attached hydrogens (tertiary/aromatic N) is 1. The van der Waals surface area contributed by atoms with Crippen molar-refractivity contribution < 1.29 is 8.78 Å². The molecule has 1 aliphatic carbocycles. The Morgan fingerprint density at radius 1 is 1.24 bits per heavy atom. The van der Waals surface area contributed by atoms with Crippen molar-refractivity contribution in [3.8, 4) is 0 Å². The van der Waals surface area contributed by atoms with Gasteiger partial charge < -0.3 is 10.3 Å². The van der Waals surface area contributed by atoms with E-state index in [2.05, 4.69) is 4.90 Å². The van der Waals surface area contributed by atoms with Gasteiger partial charge in [-0.1, -0.05) is 31.6 Å². The van der Waals surface area contributed by atoms with Crippen molar-refractivity contribution in [2.45, 2.75) is 53.4 Å². The molecule has 2 rings (SSSR count). The average Bonchev–Trinajstić information content (AvgIpc) is 2.77. The van der Waals surface area contributed by atoms with Crippen LogP contribution < -0.4 is 0 Å². The third-order valence-corrected chi connectivity index (χ3v) is 4.10. The monoisotopic (exact) mass is 348 g/mol. The fraction of sp³-hybridized carbons (Fsp3) is 0.476. The summed E-state index contributed by atoms with van der Waals surface area (Å²) in [5, 5.41) is 7.36. The van der Waals surface area contributed by atoms with Crippen LogP contribution in [0.15, 0.2) is 57.9 Å². The third-order valence-electron chi connectivity index (χ3n) is 4.10. The van der Waals surface area contributed by atoms with Crippen LogP contribution in [0.5, 0.6) is 0 Å². The summed E-state index contributed by atoms with van der Waals surface area (Å²) in [5.41, 5.74) is 4.96. The topological polar surface area (TPSA) is 27.1 Å². The molecule has 4 heteroatoms. The first-order valence-electron chi connectivity index (χ1n) is 8.92. The summed E-state index contributed by atoms with van der Waals surface area (Å²) < 4.78 is 26.9. The molecule has 0 aromatic rings. The molecule has 1 N–H and O–H groups in total.